The first-order valence-electron chi connectivity index (χ1n) is 9.92. The topological polar surface area (TPSA) is 78.5 Å². The molecule has 6 nitrogen and oxygen atoms in total. The third kappa shape index (κ3) is 5.76. The number of amides is 1. The molecule has 3 rings (SSSR count). The molecule has 1 atom stereocenters. The lowest BCUT2D eigenvalue weighted by atomic mass is 10.2. The van der Waals surface area contributed by atoms with Crippen LogP contribution in [0.5, 0.6) is 0 Å². The molecule has 0 radical (unpaired) electrons. The number of sulfonamides is 1. The van der Waals surface area contributed by atoms with Crippen LogP contribution in [0.25, 0.3) is 0 Å². The first-order chi connectivity index (χ1) is 14.6. The summed E-state index contributed by atoms with van der Waals surface area (Å²) in [5, 5.41) is 2.87. The van der Waals surface area contributed by atoms with Crippen LogP contribution >= 0.6 is 0 Å². The summed E-state index contributed by atoms with van der Waals surface area (Å²) in [4.78, 5) is 14.5. The third-order valence-corrected chi connectivity index (χ3v) is 6.67. The van der Waals surface area contributed by atoms with E-state index < -0.39 is 21.8 Å². The van der Waals surface area contributed by atoms with E-state index in [1.54, 1.807) is 0 Å². The third-order valence-electron chi connectivity index (χ3n) is 5.27. The van der Waals surface area contributed by atoms with Crippen molar-refractivity contribution in [2.45, 2.75) is 36.9 Å². The van der Waals surface area contributed by atoms with Crippen molar-refractivity contribution < 1.29 is 26.4 Å². The fourth-order valence-electron chi connectivity index (χ4n) is 3.61. The summed E-state index contributed by atoms with van der Waals surface area (Å²) < 4.78 is 65.7. The maximum atomic E-state index is 12.8. The van der Waals surface area contributed by atoms with Gasteiger partial charge in [-0.15, -0.1) is 0 Å². The molecule has 2 aromatic carbocycles. The molecule has 1 fully saturated rings. The van der Waals surface area contributed by atoms with Crippen molar-refractivity contribution in [1.29, 1.82) is 0 Å². The fraction of sp³-hybridized carbons (Fsp3) is 0.381. The Morgan fingerprint density at radius 3 is 2.52 bits per heavy atom. The van der Waals surface area contributed by atoms with Gasteiger partial charge in [-0.25, -0.2) is 8.42 Å². The van der Waals surface area contributed by atoms with Crippen LogP contribution in [-0.2, 0) is 16.2 Å². The smallest absolute Gasteiger partial charge is 0.350 e. The average Bonchev–Trinajstić information content (AvgIpc) is 3.19. The van der Waals surface area contributed by atoms with Crippen LogP contribution in [-0.4, -0.2) is 44.9 Å². The van der Waals surface area contributed by atoms with E-state index in [1.807, 2.05) is 0 Å². The molecular formula is C21H24F3N3O3S. The first-order valence-corrected chi connectivity index (χ1v) is 11.4. The maximum absolute atomic E-state index is 12.8. The summed E-state index contributed by atoms with van der Waals surface area (Å²) in [7, 11) is -4.11. The van der Waals surface area contributed by atoms with Crippen LogP contribution in [0.1, 0.15) is 35.7 Å². The highest BCUT2D eigenvalue weighted by Gasteiger charge is 2.30. The highest BCUT2D eigenvalue weighted by Crippen LogP contribution is 2.31. The average molecular weight is 456 g/mol. The molecule has 1 amide bonds. The Morgan fingerprint density at radius 1 is 1.16 bits per heavy atom. The Morgan fingerprint density at radius 2 is 1.87 bits per heavy atom. The molecule has 0 aliphatic carbocycles. The van der Waals surface area contributed by atoms with Crippen molar-refractivity contribution in [1.82, 2.24) is 10.2 Å². The number of halogens is 3. The number of hydrogen-bond donors (Lipinski definition) is 2. The molecule has 1 aliphatic rings. The van der Waals surface area contributed by atoms with Gasteiger partial charge in [-0.05, 0) is 68.4 Å². The summed E-state index contributed by atoms with van der Waals surface area (Å²) in [5.41, 5.74) is -0.851. The number of carbonyl (C=O) groups excluding carboxylic acids is 1. The second kappa shape index (κ2) is 9.27. The molecule has 1 unspecified atom stereocenters. The van der Waals surface area contributed by atoms with Crippen molar-refractivity contribution in [2.75, 3.05) is 24.4 Å². The lowest BCUT2D eigenvalue weighted by Crippen LogP contribution is -2.40. The summed E-state index contributed by atoms with van der Waals surface area (Å²) in [6, 6.07) is 9.49. The number of carbonyl (C=O) groups is 1. The first kappa shape index (κ1) is 23.1. The van der Waals surface area contributed by atoms with Crippen molar-refractivity contribution in [3.63, 3.8) is 0 Å². The molecule has 1 saturated heterocycles. The minimum absolute atomic E-state index is 0.158. The molecule has 2 aromatic rings. The van der Waals surface area contributed by atoms with Gasteiger partial charge in [-0.2, -0.15) is 13.2 Å². The van der Waals surface area contributed by atoms with Crippen LogP contribution in [0, 0.1) is 0 Å². The van der Waals surface area contributed by atoms with E-state index in [4.69, 9.17) is 0 Å². The number of nitrogens with zero attached hydrogens (tertiary/aromatic N) is 1. The molecule has 1 aliphatic heterocycles. The standard InChI is InChI=1S/C21H24F3N3O3S/c1-2-27-12-4-7-18(27)14-25-20(28)15-8-10-19(11-9-15)31(29,30)26-17-6-3-5-16(13-17)21(22,23)24/h3,5-6,8-11,13,18,26H,2,4,7,12,14H2,1H3,(H,25,28). The molecule has 10 heteroatoms. The van der Waals surface area contributed by atoms with Gasteiger partial charge in [0.2, 0.25) is 0 Å². The zero-order valence-electron chi connectivity index (χ0n) is 16.9. The number of nitrogens with one attached hydrogen (secondary N) is 2. The number of likely N-dealkylation sites (N-methyl/N-ethyl adjacent to an activating group) is 1. The molecule has 0 aromatic heterocycles. The van der Waals surface area contributed by atoms with Gasteiger partial charge in [0.05, 0.1) is 10.5 Å². The number of rotatable bonds is 7. The van der Waals surface area contributed by atoms with Crippen LogP contribution in [0.3, 0.4) is 0 Å². The van der Waals surface area contributed by atoms with Crippen LogP contribution < -0.4 is 10.0 Å². The number of likely N-dealkylation sites (tertiary alicyclic amines) is 1. The van der Waals surface area contributed by atoms with E-state index in [9.17, 15) is 26.4 Å². The summed E-state index contributed by atoms with van der Waals surface area (Å²) in [6.45, 7) is 4.53. The molecule has 168 valence electrons. The van der Waals surface area contributed by atoms with Gasteiger partial charge in [0.25, 0.3) is 15.9 Å². The Bertz CT molecular complexity index is 1020. The molecule has 31 heavy (non-hydrogen) atoms. The van der Waals surface area contributed by atoms with Crippen molar-refractivity contribution >= 4 is 21.6 Å². The second-order valence-electron chi connectivity index (χ2n) is 7.34. The van der Waals surface area contributed by atoms with E-state index in [0.717, 1.165) is 44.1 Å². The minimum atomic E-state index is -4.58. The SMILES string of the molecule is CCN1CCCC1CNC(=O)c1ccc(S(=O)(=O)Nc2cccc(C(F)(F)F)c2)cc1. The molecule has 0 spiro atoms. The van der Waals surface area contributed by atoms with Gasteiger partial charge in [0.15, 0.2) is 0 Å². The van der Waals surface area contributed by atoms with Crippen molar-refractivity contribution in [2.24, 2.45) is 0 Å². The van der Waals surface area contributed by atoms with E-state index in [0.29, 0.717) is 18.2 Å². The predicted octanol–water partition coefficient (Wildman–Crippen LogP) is 3.72. The largest absolute Gasteiger partial charge is 0.416 e. The van der Waals surface area contributed by atoms with E-state index in [1.165, 1.54) is 30.3 Å². The van der Waals surface area contributed by atoms with Crippen LogP contribution in [0.15, 0.2) is 53.4 Å². The second-order valence-corrected chi connectivity index (χ2v) is 9.03. The molecule has 2 N–H and O–H groups in total. The molecule has 1 heterocycles. The molecular weight excluding hydrogens is 431 g/mol. The van der Waals surface area contributed by atoms with Gasteiger partial charge in [0.1, 0.15) is 0 Å². The van der Waals surface area contributed by atoms with E-state index in [-0.39, 0.29) is 16.5 Å². The van der Waals surface area contributed by atoms with Gasteiger partial charge in [-0.1, -0.05) is 13.0 Å². The van der Waals surface area contributed by atoms with E-state index >= 15 is 0 Å². The van der Waals surface area contributed by atoms with Gasteiger partial charge in [0, 0.05) is 23.8 Å². The van der Waals surface area contributed by atoms with Crippen LogP contribution in [0.2, 0.25) is 0 Å². The predicted molar refractivity (Wildman–Crippen MR) is 111 cm³/mol. The summed E-state index contributed by atoms with van der Waals surface area (Å²) >= 11 is 0. The number of benzene rings is 2. The quantitative estimate of drug-likeness (QED) is 0.667. The number of alkyl halides is 3. The highest BCUT2D eigenvalue weighted by molar-refractivity contribution is 7.92. The lowest BCUT2D eigenvalue weighted by Gasteiger charge is -2.22. The number of anilines is 1. The van der Waals surface area contributed by atoms with Gasteiger partial charge < -0.3 is 5.32 Å². The Kier molecular flexibility index (Phi) is 6.90. The normalized spacial score (nSPS) is 17.5. The molecule has 0 saturated carbocycles. The fourth-order valence-corrected chi connectivity index (χ4v) is 4.66. The molecule has 0 bridgehead atoms. The lowest BCUT2D eigenvalue weighted by molar-refractivity contribution is -0.137. The minimum Gasteiger partial charge on any atom is -0.350 e. The maximum Gasteiger partial charge on any atom is 0.416 e. The Balaban J connectivity index is 1.65. The summed E-state index contributed by atoms with van der Waals surface area (Å²) in [5.74, 6) is -0.308. The van der Waals surface area contributed by atoms with Crippen molar-refractivity contribution in [3.8, 4) is 0 Å². The Labute approximate surface area is 179 Å². The zero-order valence-corrected chi connectivity index (χ0v) is 17.8. The van der Waals surface area contributed by atoms with Gasteiger partial charge >= 0.3 is 6.18 Å². The van der Waals surface area contributed by atoms with Crippen molar-refractivity contribution in [3.05, 3.63) is 59.7 Å². The highest BCUT2D eigenvalue weighted by atomic mass is 32.2. The Hall–Kier alpha value is -2.59. The summed E-state index contributed by atoms with van der Waals surface area (Å²) in [6.07, 6.45) is -2.46. The monoisotopic (exact) mass is 455 g/mol. The number of hydrogen-bond acceptors (Lipinski definition) is 4. The van der Waals surface area contributed by atoms with E-state index in [2.05, 4.69) is 21.9 Å². The zero-order chi connectivity index (χ0) is 22.6. The van der Waals surface area contributed by atoms with Gasteiger partial charge in [-0.3, -0.25) is 14.4 Å². The van der Waals surface area contributed by atoms with Crippen LogP contribution in [0.4, 0.5) is 18.9 Å².